The van der Waals surface area contributed by atoms with Crippen LogP contribution in [0, 0.1) is 0 Å². The SMILES string of the molecule is CCOC(OCC)C(=O)c1ccncc1. The van der Waals surface area contributed by atoms with Crippen LogP contribution in [0.25, 0.3) is 0 Å². The number of ketones is 1. The lowest BCUT2D eigenvalue weighted by atomic mass is 10.2. The van der Waals surface area contributed by atoms with Crippen molar-refractivity contribution in [3.63, 3.8) is 0 Å². The van der Waals surface area contributed by atoms with Gasteiger partial charge in [0, 0.05) is 31.2 Å². The van der Waals surface area contributed by atoms with Crippen LogP contribution in [-0.2, 0) is 9.47 Å². The van der Waals surface area contributed by atoms with Crippen LogP contribution in [0.15, 0.2) is 24.5 Å². The maximum absolute atomic E-state index is 11.8. The van der Waals surface area contributed by atoms with Crippen molar-refractivity contribution in [2.24, 2.45) is 0 Å². The Morgan fingerprint density at radius 2 is 1.80 bits per heavy atom. The molecule has 0 unspecified atom stereocenters. The van der Waals surface area contributed by atoms with Crippen molar-refractivity contribution < 1.29 is 14.3 Å². The molecule has 0 saturated carbocycles. The smallest absolute Gasteiger partial charge is 0.222 e. The largest absolute Gasteiger partial charge is 0.346 e. The number of nitrogens with zero attached hydrogens (tertiary/aromatic N) is 1. The normalized spacial score (nSPS) is 10.6. The van der Waals surface area contributed by atoms with Crippen molar-refractivity contribution >= 4 is 5.78 Å². The average molecular weight is 209 g/mol. The fourth-order valence-electron chi connectivity index (χ4n) is 1.15. The maximum Gasteiger partial charge on any atom is 0.222 e. The van der Waals surface area contributed by atoms with Gasteiger partial charge in [-0.2, -0.15) is 0 Å². The minimum Gasteiger partial charge on any atom is -0.346 e. The Kier molecular flexibility index (Phi) is 4.93. The van der Waals surface area contributed by atoms with E-state index < -0.39 is 6.29 Å². The summed E-state index contributed by atoms with van der Waals surface area (Å²) in [6.07, 6.45) is 2.34. The first-order valence-corrected chi connectivity index (χ1v) is 4.97. The maximum atomic E-state index is 11.8. The van der Waals surface area contributed by atoms with Crippen molar-refractivity contribution in [3.8, 4) is 0 Å². The van der Waals surface area contributed by atoms with E-state index in [9.17, 15) is 4.79 Å². The molecule has 82 valence electrons. The standard InChI is InChI=1S/C11H15NO3/c1-3-14-11(15-4-2)10(13)9-5-7-12-8-6-9/h5-8,11H,3-4H2,1-2H3. The predicted octanol–water partition coefficient (Wildman–Crippen LogP) is 1.66. The van der Waals surface area contributed by atoms with Crippen molar-refractivity contribution in [1.29, 1.82) is 0 Å². The monoisotopic (exact) mass is 209 g/mol. The van der Waals surface area contributed by atoms with Crippen LogP contribution in [0.3, 0.4) is 0 Å². The third-order valence-electron chi connectivity index (χ3n) is 1.81. The molecule has 0 aliphatic rings. The zero-order chi connectivity index (χ0) is 11.1. The lowest BCUT2D eigenvalue weighted by Gasteiger charge is -2.15. The third kappa shape index (κ3) is 3.42. The summed E-state index contributed by atoms with van der Waals surface area (Å²) in [6.45, 7) is 4.54. The summed E-state index contributed by atoms with van der Waals surface area (Å²) in [5.74, 6) is -0.166. The van der Waals surface area contributed by atoms with Gasteiger partial charge < -0.3 is 9.47 Å². The van der Waals surface area contributed by atoms with E-state index in [-0.39, 0.29) is 5.78 Å². The summed E-state index contributed by atoms with van der Waals surface area (Å²) in [4.78, 5) is 15.7. The van der Waals surface area contributed by atoms with Gasteiger partial charge in [0.2, 0.25) is 12.1 Å². The van der Waals surface area contributed by atoms with Gasteiger partial charge in [-0.15, -0.1) is 0 Å². The number of hydrogen-bond acceptors (Lipinski definition) is 4. The minimum absolute atomic E-state index is 0.166. The molecule has 15 heavy (non-hydrogen) atoms. The average Bonchev–Trinajstić information content (AvgIpc) is 2.29. The molecular weight excluding hydrogens is 194 g/mol. The zero-order valence-electron chi connectivity index (χ0n) is 8.97. The fraction of sp³-hybridized carbons (Fsp3) is 0.455. The van der Waals surface area contributed by atoms with Gasteiger partial charge >= 0.3 is 0 Å². The Labute approximate surface area is 89.2 Å². The van der Waals surface area contributed by atoms with E-state index in [0.29, 0.717) is 18.8 Å². The third-order valence-corrected chi connectivity index (χ3v) is 1.81. The topological polar surface area (TPSA) is 48.4 Å². The van der Waals surface area contributed by atoms with E-state index in [4.69, 9.17) is 9.47 Å². The number of hydrogen-bond donors (Lipinski definition) is 0. The van der Waals surface area contributed by atoms with Gasteiger partial charge in [0.25, 0.3) is 0 Å². The zero-order valence-corrected chi connectivity index (χ0v) is 8.97. The molecule has 1 aromatic rings. The molecule has 0 saturated heterocycles. The molecular formula is C11H15NO3. The molecule has 0 radical (unpaired) electrons. The molecule has 0 N–H and O–H groups in total. The van der Waals surface area contributed by atoms with Gasteiger partial charge in [0.1, 0.15) is 0 Å². The molecule has 4 heteroatoms. The van der Waals surface area contributed by atoms with Gasteiger partial charge in [-0.25, -0.2) is 0 Å². The number of carbonyl (C=O) groups excluding carboxylic acids is 1. The second kappa shape index (κ2) is 6.27. The molecule has 0 bridgehead atoms. The van der Waals surface area contributed by atoms with Gasteiger partial charge in [-0.05, 0) is 26.0 Å². The van der Waals surface area contributed by atoms with Crippen molar-refractivity contribution in [2.75, 3.05) is 13.2 Å². The van der Waals surface area contributed by atoms with E-state index >= 15 is 0 Å². The van der Waals surface area contributed by atoms with E-state index in [1.54, 1.807) is 24.5 Å². The molecule has 0 aliphatic carbocycles. The van der Waals surface area contributed by atoms with E-state index in [1.165, 1.54) is 0 Å². The van der Waals surface area contributed by atoms with Crippen LogP contribution in [0.1, 0.15) is 24.2 Å². The summed E-state index contributed by atoms with van der Waals surface area (Å²) in [5.41, 5.74) is 0.553. The Balaban J connectivity index is 2.71. The van der Waals surface area contributed by atoms with Crippen LogP contribution in [-0.4, -0.2) is 30.3 Å². The molecule has 4 nitrogen and oxygen atoms in total. The summed E-state index contributed by atoms with van der Waals surface area (Å²) in [6, 6.07) is 3.29. The molecule has 1 aromatic heterocycles. The summed E-state index contributed by atoms with van der Waals surface area (Å²) in [5, 5.41) is 0. The number of aromatic nitrogens is 1. The number of Topliss-reactive ketones (excluding diaryl/α,β-unsaturated/α-hetero) is 1. The highest BCUT2D eigenvalue weighted by Crippen LogP contribution is 2.06. The van der Waals surface area contributed by atoms with Gasteiger partial charge in [0.05, 0.1) is 0 Å². The molecule has 0 aliphatic heterocycles. The summed E-state index contributed by atoms with van der Waals surface area (Å²) < 4.78 is 10.4. The minimum atomic E-state index is -0.803. The molecule has 0 fully saturated rings. The van der Waals surface area contributed by atoms with Crippen LogP contribution in [0.5, 0.6) is 0 Å². The molecule has 0 aromatic carbocycles. The van der Waals surface area contributed by atoms with Crippen molar-refractivity contribution in [2.45, 2.75) is 20.1 Å². The van der Waals surface area contributed by atoms with Gasteiger partial charge in [-0.1, -0.05) is 0 Å². The second-order valence-electron chi connectivity index (χ2n) is 2.84. The van der Waals surface area contributed by atoms with Gasteiger partial charge in [0.15, 0.2) is 0 Å². The summed E-state index contributed by atoms with van der Waals surface area (Å²) in [7, 11) is 0. The van der Waals surface area contributed by atoms with E-state index in [1.807, 2.05) is 13.8 Å². The van der Waals surface area contributed by atoms with Crippen molar-refractivity contribution in [3.05, 3.63) is 30.1 Å². The summed E-state index contributed by atoms with van der Waals surface area (Å²) >= 11 is 0. The lowest BCUT2D eigenvalue weighted by molar-refractivity contribution is -0.107. The number of rotatable bonds is 6. The molecule has 1 rings (SSSR count). The number of ether oxygens (including phenoxy) is 2. The Hall–Kier alpha value is -1.26. The van der Waals surface area contributed by atoms with E-state index in [2.05, 4.69) is 4.98 Å². The van der Waals surface area contributed by atoms with Crippen LogP contribution < -0.4 is 0 Å². The molecule has 1 heterocycles. The van der Waals surface area contributed by atoms with Crippen LogP contribution >= 0.6 is 0 Å². The molecule has 0 amide bonds. The first-order chi connectivity index (χ1) is 7.29. The van der Waals surface area contributed by atoms with Crippen molar-refractivity contribution in [1.82, 2.24) is 4.98 Å². The lowest BCUT2D eigenvalue weighted by Crippen LogP contribution is -2.27. The highest BCUT2D eigenvalue weighted by molar-refractivity contribution is 5.98. The predicted molar refractivity (Wildman–Crippen MR) is 55.6 cm³/mol. The Bertz CT molecular complexity index is 294. The highest BCUT2D eigenvalue weighted by Gasteiger charge is 2.20. The molecule has 0 spiro atoms. The van der Waals surface area contributed by atoms with Crippen LogP contribution in [0.4, 0.5) is 0 Å². The quantitative estimate of drug-likeness (QED) is 0.528. The first-order valence-electron chi connectivity index (χ1n) is 4.97. The van der Waals surface area contributed by atoms with Gasteiger partial charge in [-0.3, -0.25) is 9.78 Å². The number of carbonyl (C=O) groups is 1. The Morgan fingerprint density at radius 1 is 1.27 bits per heavy atom. The van der Waals surface area contributed by atoms with E-state index in [0.717, 1.165) is 0 Å². The first kappa shape index (κ1) is 11.8. The molecule has 0 atom stereocenters. The van der Waals surface area contributed by atoms with Crippen LogP contribution in [0.2, 0.25) is 0 Å². The Morgan fingerprint density at radius 3 is 2.27 bits per heavy atom. The fourth-order valence-corrected chi connectivity index (χ4v) is 1.15. The number of pyridine rings is 1. The second-order valence-corrected chi connectivity index (χ2v) is 2.84. The highest BCUT2D eigenvalue weighted by atomic mass is 16.7.